The molecule has 0 unspecified atom stereocenters. The molecule has 5 atom stereocenters. The van der Waals surface area contributed by atoms with Crippen LogP contribution in [0.25, 0.3) is 0 Å². The molecule has 0 radical (unpaired) electrons. The summed E-state index contributed by atoms with van der Waals surface area (Å²) >= 11 is 0. The van der Waals surface area contributed by atoms with Crippen molar-refractivity contribution in [3.63, 3.8) is 0 Å². The molecule has 1 aromatic heterocycles. The third-order valence-corrected chi connectivity index (χ3v) is 7.79. The molecule has 33 heavy (non-hydrogen) atoms. The number of aromatic nitrogens is 1. The maximum absolute atomic E-state index is 12.8. The Kier molecular flexibility index (Phi) is 4.92. The molecule has 1 saturated heterocycles. The number of nitrogens with zero attached hydrogens (tertiary/aromatic N) is 2. The molecular formula is C26H28N2O5. The highest BCUT2D eigenvalue weighted by Crippen LogP contribution is 2.62. The van der Waals surface area contributed by atoms with E-state index in [4.69, 9.17) is 18.9 Å². The summed E-state index contributed by atoms with van der Waals surface area (Å²) in [7, 11) is 3.81. The summed E-state index contributed by atoms with van der Waals surface area (Å²) in [6, 6.07) is 8.26. The van der Waals surface area contributed by atoms with E-state index < -0.39 is 6.10 Å². The summed E-state index contributed by atoms with van der Waals surface area (Å²) in [5, 5.41) is 0. The summed E-state index contributed by atoms with van der Waals surface area (Å²) in [6.07, 6.45) is 9.08. The highest BCUT2D eigenvalue weighted by molar-refractivity contribution is 5.73. The van der Waals surface area contributed by atoms with Crippen molar-refractivity contribution in [2.45, 2.75) is 42.9 Å². The number of ether oxygens (including phenoxy) is 4. The molecule has 0 saturated carbocycles. The van der Waals surface area contributed by atoms with Gasteiger partial charge in [-0.1, -0.05) is 18.2 Å². The van der Waals surface area contributed by atoms with Gasteiger partial charge in [-0.25, -0.2) is 0 Å². The third-order valence-electron chi connectivity index (χ3n) is 7.79. The standard InChI is InChI=1S/C26H28N2O5/c1-28-11-9-26-18-6-8-21(32-22(29)12-16-4-3-10-27-14-16)25(26)33-24-20(31-15-30-2)7-5-17(23(24)26)13-19(18)28/h3-8,10,14,18-19,21,25H,9,11-13,15H2,1-2H3/t18-,19+,21-,25-,26-/m0/s1. The molecule has 2 aliphatic heterocycles. The summed E-state index contributed by atoms with van der Waals surface area (Å²) in [4.78, 5) is 19.4. The van der Waals surface area contributed by atoms with Gasteiger partial charge in [0.15, 0.2) is 24.4 Å². The van der Waals surface area contributed by atoms with E-state index >= 15 is 0 Å². The Bertz CT molecular complexity index is 1100. The first-order valence-electron chi connectivity index (χ1n) is 11.5. The second-order valence-corrected chi connectivity index (χ2v) is 9.46. The first-order chi connectivity index (χ1) is 16.1. The summed E-state index contributed by atoms with van der Waals surface area (Å²) in [5.41, 5.74) is 3.16. The molecule has 2 aliphatic carbocycles. The number of rotatable bonds is 6. The molecule has 2 bridgehead atoms. The highest BCUT2D eigenvalue weighted by atomic mass is 16.7. The van der Waals surface area contributed by atoms with E-state index in [1.165, 1.54) is 11.1 Å². The molecule has 172 valence electrons. The molecule has 1 fully saturated rings. The Labute approximate surface area is 193 Å². The van der Waals surface area contributed by atoms with E-state index in [1.807, 2.05) is 24.3 Å². The van der Waals surface area contributed by atoms with Gasteiger partial charge in [0.05, 0.1) is 6.42 Å². The van der Waals surface area contributed by atoms with Crippen molar-refractivity contribution in [3.8, 4) is 11.5 Å². The fourth-order valence-electron chi connectivity index (χ4n) is 6.41. The molecule has 4 aliphatic rings. The second-order valence-electron chi connectivity index (χ2n) is 9.46. The molecule has 1 aromatic carbocycles. The largest absolute Gasteiger partial charge is 0.481 e. The fourth-order valence-corrected chi connectivity index (χ4v) is 6.41. The van der Waals surface area contributed by atoms with Crippen molar-refractivity contribution in [1.82, 2.24) is 9.88 Å². The Morgan fingerprint density at radius 2 is 2.21 bits per heavy atom. The minimum Gasteiger partial charge on any atom is -0.481 e. The fraction of sp³-hybridized carbons (Fsp3) is 0.462. The zero-order chi connectivity index (χ0) is 22.6. The molecule has 3 heterocycles. The van der Waals surface area contributed by atoms with E-state index in [1.54, 1.807) is 19.5 Å². The number of carbonyl (C=O) groups excluding carboxylic acids is 1. The number of hydrogen-bond acceptors (Lipinski definition) is 7. The lowest BCUT2D eigenvalue weighted by molar-refractivity contribution is -0.154. The molecular weight excluding hydrogens is 420 g/mol. The minimum absolute atomic E-state index is 0.156. The van der Waals surface area contributed by atoms with Gasteiger partial charge in [0.1, 0.15) is 6.10 Å². The molecule has 6 rings (SSSR count). The van der Waals surface area contributed by atoms with E-state index in [-0.39, 0.29) is 30.7 Å². The lowest BCUT2D eigenvalue weighted by Crippen LogP contribution is -2.65. The topological polar surface area (TPSA) is 70.1 Å². The quantitative estimate of drug-likeness (QED) is 0.382. The monoisotopic (exact) mass is 448 g/mol. The van der Waals surface area contributed by atoms with Gasteiger partial charge in [-0.2, -0.15) is 0 Å². The zero-order valence-corrected chi connectivity index (χ0v) is 18.9. The number of piperidine rings is 1. The number of benzene rings is 1. The van der Waals surface area contributed by atoms with Crippen molar-refractivity contribution < 1.29 is 23.7 Å². The van der Waals surface area contributed by atoms with Gasteiger partial charge in [-0.3, -0.25) is 9.78 Å². The Hall–Kier alpha value is -2.90. The van der Waals surface area contributed by atoms with Crippen LogP contribution in [0.3, 0.4) is 0 Å². The van der Waals surface area contributed by atoms with E-state index in [9.17, 15) is 4.79 Å². The van der Waals surface area contributed by atoms with Crippen molar-refractivity contribution >= 4 is 5.97 Å². The van der Waals surface area contributed by atoms with Crippen LogP contribution in [0, 0.1) is 5.92 Å². The van der Waals surface area contributed by atoms with Crippen LogP contribution in [-0.4, -0.2) is 61.6 Å². The van der Waals surface area contributed by atoms with Crippen molar-refractivity contribution in [3.05, 3.63) is 65.5 Å². The number of pyridine rings is 1. The van der Waals surface area contributed by atoms with Gasteiger partial charge >= 0.3 is 5.97 Å². The predicted octanol–water partition coefficient (Wildman–Crippen LogP) is 2.66. The Morgan fingerprint density at radius 3 is 3.03 bits per heavy atom. The highest BCUT2D eigenvalue weighted by Gasteiger charge is 2.65. The second kappa shape index (κ2) is 7.85. The number of likely N-dealkylation sites (tertiary alicyclic amines) is 1. The van der Waals surface area contributed by atoms with Crippen molar-refractivity contribution in [2.24, 2.45) is 5.92 Å². The number of likely N-dealkylation sites (N-methyl/N-ethyl adjacent to an activating group) is 1. The third kappa shape index (κ3) is 3.09. The lowest BCUT2D eigenvalue weighted by Gasteiger charge is -2.56. The van der Waals surface area contributed by atoms with E-state index in [0.717, 1.165) is 30.7 Å². The van der Waals surface area contributed by atoms with E-state index in [0.29, 0.717) is 17.7 Å². The number of methoxy groups -OCH3 is 1. The van der Waals surface area contributed by atoms with Crippen LogP contribution in [0.4, 0.5) is 0 Å². The smallest absolute Gasteiger partial charge is 0.311 e. The average molecular weight is 449 g/mol. The Morgan fingerprint density at radius 1 is 1.30 bits per heavy atom. The van der Waals surface area contributed by atoms with Gasteiger partial charge < -0.3 is 23.8 Å². The van der Waals surface area contributed by atoms with E-state index in [2.05, 4.69) is 29.1 Å². The van der Waals surface area contributed by atoms with Crippen molar-refractivity contribution in [2.75, 3.05) is 27.5 Å². The average Bonchev–Trinajstić information content (AvgIpc) is 3.17. The first-order valence-corrected chi connectivity index (χ1v) is 11.5. The van der Waals surface area contributed by atoms with Crippen LogP contribution in [0.1, 0.15) is 23.1 Å². The maximum atomic E-state index is 12.8. The molecule has 7 nitrogen and oxygen atoms in total. The maximum Gasteiger partial charge on any atom is 0.311 e. The summed E-state index contributed by atoms with van der Waals surface area (Å²) in [5.74, 6) is 1.51. The van der Waals surface area contributed by atoms with Crippen LogP contribution in [0.15, 0.2) is 48.8 Å². The van der Waals surface area contributed by atoms with Gasteiger partial charge in [-0.15, -0.1) is 0 Å². The van der Waals surface area contributed by atoms with Gasteiger partial charge in [0.2, 0.25) is 0 Å². The lowest BCUT2D eigenvalue weighted by atomic mass is 9.53. The van der Waals surface area contributed by atoms with Crippen LogP contribution in [0.5, 0.6) is 11.5 Å². The molecule has 0 amide bonds. The van der Waals surface area contributed by atoms with Crippen LogP contribution >= 0.6 is 0 Å². The van der Waals surface area contributed by atoms with Gasteiger partial charge in [0.25, 0.3) is 0 Å². The SMILES string of the molecule is COCOc1ccc2c3c1O[C@H]1[C@@H](OC(=O)Cc4cccnc4)C=C[C@H]4[C@@H](C2)N(C)CC[C@@]341. The number of hydrogen-bond donors (Lipinski definition) is 0. The van der Waals surface area contributed by atoms with Gasteiger partial charge in [0, 0.05) is 42.4 Å². The first kappa shape index (κ1) is 20.7. The predicted molar refractivity (Wildman–Crippen MR) is 120 cm³/mol. The molecule has 0 N–H and O–H groups in total. The summed E-state index contributed by atoms with van der Waals surface area (Å²) < 4.78 is 23.7. The van der Waals surface area contributed by atoms with Crippen LogP contribution in [-0.2, 0) is 32.5 Å². The molecule has 2 aromatic rings. The van der Waals surface area contributed by atoms with Crippen molar-refractivity contribution in [1.29, 1.82) is 0 Å². The molecule has 7 heteroatoms. The normalized spacial score (nSPS) is 31.0. The Balaban J connectivity index is 1.37. The van der Waals surface area contributed by atoms with Crippen LogP contribution < -0.4 is 9.47 Å². The number of carbonyl (C=O) groups is 1. The number of esters is 1. The summed E-state index contributed by atoms with van der Waals surface area (Å²) in [6.45, 7) is 1.14. The van der Waals surface area contributed by atoms with Gasteiger partial charge in [-0.05, 0) is 55.8 Å². The minimum atomic E-state index is -0.455. The van der Waals surface area contributed by atoms with Crippen LogP contribution in [0.2, 0.25) is 0 Å². The molecule has 1 spiro atoms. The zero-order valence-electron chi connectivity index (χ0n) is 18.9.